The Morgan fingerprint density at radius 1 is 1.10 bits per heavy atom. The molecule has 9 heteroatoms. The average molecular weight is 475 g/mol. The normalized spacial score (nSPS) is 16.4. The monoisotopic (exact) mass is 473 g/mol. The molecule has 0 radical (unpaired) electrons. The number of anilines is 1. The number of hydrogen-bond donors (Lipinski definition) is 1. The van der Waals surface area contributed by atoms with Gasteiger partial charge in [-0.2, -0.15) is 9.97 Å². The Labute approximate surface area is 191 Å². The van der Waals surface area contributed by atoms with Gasteiger partial charge in [-0.15, -0.1) is 11.8 Å². The molecule has 1 aliphatic rings. The summed E-state index contributed by atoms with van der Waals surface area (Å²) in [5.74, 6) is 1.75. The van der Waals surface area contributed by atoms with Crippen LogP contribution in [0.2, 0.25) is 0 Å². The summed E-state index contributed by atoms with van der Waals surface area (Å²) in [6, 6.07) is 8.28. The molecule has 0 unspecified atom stereocenters. The number of rotatable bonds is 6. The Bertz CT molecular complexity index is 803. The highest BCUT2D eigenvalue weighted by Crippen LogP contribution is 2.37. The molecule has 158 valence electrons. The number of hydrogen-bond acceptors (Lipinski definition) is 6. The van der Waals surface area contributed by atoms with E-state index in [-0.39, 0.29) is 11.9 Å². The maximum atomic E-state index is 6.09. The van der Waals surface area contributed by atoms with Crippen LogP contribution in [0.4, 0.5) is 5.95 Å². The van der Waals surface area contributed by atoms with E-state index in [0.29, 0.717) is 17.7 Å². The number of piperidine rings is 1. The fourth-order valence-corrected chi connectivity index (χ4v) is 4.06. The van der Waals surface area contributed by atoms with E-state index in [9.17, 15) is 0 Å². The Balaban J connectivity index is 1.79. The summed E-state index contributed by atoms with van der Waals surface area (Å²) in [6.45, 7) is 7.75. The molecule has 0 bridgehead atoms. The zero-order chi connectivity index (χ0) is 21.0. The Kier molecular flexibility index (Phi) is 7.90. The first kappa shape index (κ1) is 22.9. The van der Waals surface area contributed by atoms with Crippen LogP contribution in [0.25, 0.3) is 11.4 Å². The van der Waals surface area contributed by atoms with E-state index in [4.69, 9.17) is 34.8 Å². The highest BCUT2D eigenvalue weighted by molar-refractivity contribution is 7.98. The van der Waals surface area contributed by atoms with Crippen LogP contribution < -0.4 is 5.32 Å². The van der Waals surface area contributed by atoms with E-state index in [1.807, 2.05) is 30.5 Å². The topological polar surface area (TPSA) is 53.9 Å². The molecule has 0 amide bonds. The van der Waals surface area contributed by atoms with E-state index in [1.54, 1.807) is 11.8 Å². The summed E-state index contributed by atoms with van der Waals surface area (Å²) in [6.07, 6.45) is 4.09. The van der Waals surface area contributed by atoms with Crippen molar-refractivity contribution in [2.75, 3.05) is 31.2 Å². The summed E-state index contributed by atoms with van der Waals surface area (Å²) in [7, 11) is 0. The number of likely N-dealkylation sites (tertiary alicyclic amines) is 1. The van der Waals surface area contributed by atoms with Crippen LogP contribution in [0.5, 0.6) is 0 Å². The van der Waals surface area contributed by atoms with Gasteiger partial charge in [-0.1, -0.05) is 60.8 Å². The van der Waals surface area contributed by atoms with Gasteiger partial charge >= 0.3 is 0 Å². The molecule has 2 heterocycles. The van der Waals surface area contributed by atoms with Crippen LogP contribution in [0.15, 0.2) is 29.2 Å². The summed E-state index contributed by atoms with van der Waals surface area (Å²) < 4.78 is -1.71. The molecular weight excluding hydrogens is 449 g/mol. The first-order chi connectivity index (χ1) is 13.7. The van der Waals surface area contributed by atoms with Gasteiger partial charge in [0.2, 0.25) is 9.74 Å². The summed E-state index contributed by atoms with van der Waals surface area (Å²) in [5.41, 5.74) is 0.857. The fourth-order valence-electron chi connectivity index (χ4n) is 3.40. The minimum absolute atomic E-state index is 0.126. The third kappa shape index (κ3) is 6.59. The van der Waals surface area contributed by atoms with Gasteiger partial charge in [0.05, 0.1) is 0 Å². The maximum Gasteiger partial charge on any atom is 0.250 e. The molecule has 1 aliphatic heterocycles. The number of nitrogens with one attached hydrogen (secondary N) is 1. The molecule has 29 heavy (non-hydrogen) atoms. The number of thioether (sulfide) groups is 1. The first-order valence-electron chi connectivity index (χ1n) is 9.71. The predicted octanol–water partition coefficient (Wildman–Crippen LogP) is 5.62. The van der Waals surface area contributed by atoms with Crippen molar-refractivity contribution in [3.63, 3.8) is 0 Å². The lowest BCUT2D eigenvalue weighted by Crippen LogP contribution is -2.41. The minimum Gasteiger partial charge on any atom is -0.351 e. The second-order valence-electron chi connectivity index (χ2n) is 7.65. The molecule has 0 saturated carbocycles. The molecular formula is C20H26Cl3N5S. The van der Waals surface area contributed by atoms with E-state index < -0.39 is 3.79 Å². The largest absolute Gasteiger partial charge is 0.351 e. The second kappa shape index (κ2) is 10.0. The molecule has 0 aliphatic carbocycles. The molecule has 0 spiro atoms. The smallest absolute Gasteiger partial charge is 0.250 e. The van der Waals surface area contributed by atoms with Gasteiger partial charge in [-0.25, -0.2) is 4.98 Å². The van der Waals surface area contributed by atoms with Crippen molar-refractivity contribution in [2.45, 2.75) is 41.4 Å². The molecule has 1 aromatic carbocycles. The van der Waals surface area contributed by atoms with Crippen molar-refractivity contribution in [1.82, 2.24) is 19.9 Å². The van der Waals surface area contributed by atoms with Crippen molar-refractivity contribution in [3.8, 4) is 11.4 Å². The summed E-state index contributed by atoms with van der Waals surface area (Å²) >= 11 is 19.9. The van der Waals surface area contributed by atoms with E-state index >= 15 is 0 Å². The van der Waals surface area contributed by atoms with Crippen LogP contribution in [0.1, 0.15) is 32.5 Å². The molecule has 0 atom stereocenters. The number of aromatic nitrogens is 3. The van der Waals surface area contributed by atoms with Crippen LogP contribution in [-0.4, -0.2) is 51.8 Å². The number of nitrogens with zero attached hydrogens (tertiary/aromatic N) is 4. The molecule has 1 N–H and O–H groups in total. The van der Waals surface area contributed by atoms with Crippen molar-refractivity contribution in [2.24, 2.45) is 5.92 Å². The van der Waals surface area contributed by atoms with Crippen LogP contribution in [-0.2, 0) is 3.79 Å². The van der Waals surface area contributed by atoms with Gasteiger partial charge in [0, 0.05) is 36.1 Å². The van der Waals surface area contributed by atoms with Crippen LogP contribution >= 0.6 is 46.6 Å². The number of halogens is 3. The lowest BCUT2D eigenvalue weighted by molar-refractivity contribution is 0.197. The first-order valence-corrected chi connectivity index (χ1v) is 12.1. The van der Waals surface area contributed by atoms with Gasteiger partial charge < -0.3 is 10.2 Å². The third-order valence-corrected chi connectivity index (χ3v) is 6.03. The van der Waals surface area contributed by atoms with Gasteiger partial charge in [0.15, 0.2) is 11.6 Å². The molecule has 1 fully saturated rings. The van der Waals surface area contributed by atoms with E-state index in [1.165, 1.54) is 0 Å². The number of alkyl halides is 3. The van der Waals surface area contributed by atoms with Gasteiger partial charge in [0.25, 0.3) is 0 Å². The Morgan fingerprint density at radius 3 is 2.31 bits per heavy atom. The second-order valence-corrected chi connectivity index (χ2v) is 10.8. The lowest BCUT2D eigenvalue weighted by atomic mass is 10.0. The summed E-state index contributed by atoms with van der Waals surface area (Å²) in [4.78, 5) is 17.0. The lowest BCUT2D eigenvalue weighted by Gasteiger charge is -2.33. The highest BCUT2D eigenvalue weighted by Gasteiger charge is 2.29. The zero-order valence-corrected chi connectivity index (χ0v) is 19.9. The van der Waals surface area contributed by atoms with Gasteiger partial charge in [-0.05, 0) is 37.1 Å². The van der Waals surface area contributed by atoms with Gasteiger partial charge in [-0.3, -0.25) is 0 Å². The highest BCUT2D eigenvalue weighted by atomic mass is 35.6. The maximum absolute atomic E-state index is 6.09. The molecule has 3 rings (SSSR count). The van der Waals surface area contributed by atoms with Gasteiger partial charge in [0.1, 0.15) is 0 Å². The average Bonchev–Trinajstić information content (AvgIpc) is 2.68. The zero-order valence-electron chi connectivity index (χ0n) is 16.8. The molecule has 1 aromatic heterocycles. The molecule has 5 nitrogen and oxygen atoms in total. The molecule has 2 aromatic rings. The quantitative estimate of drug-likeness (QED) is 0.433. The predicted molar refractivity (Wildman–Crippen MR) is 124 cm³/mol. The van der Waals surface area contributed by atoms with E-state index in [0.717, 1.165) is 42.9 Å². The van der Waals surface area contributed by atoms with Crippen LogP contribution in [0, 0.1) is 5.92 Å². The van der Waals surface area contributed by atoms with E-state index in [2.05, 4.69) is 39.0 Å². The third-order valence-electron chi connectivity index (χ3n) is 4.78. The molecule has 1 saturated heterocycles. The minimum atomic E-state index is -1.71. The van der Waals surface area contributed by atoms with Crippen molar-refractivity contribution in [1.29, 1.82) is 0 Å². The van der Waals surface area contributed by atoms with Crippen molar-refractivity contribution in [3.05, 3.63) is 30.1 Å². The van der Waals surface area contributed by atoms with Crippen molar-refractivity contribution < 1.29 is 0 Å². The van der Waals surface area contributed by atoms with Crippen molar-refractivity contribution >= 4 is 52.5 Å². The Morgan fingerprint density at radius 2 is 1.76 bits per heavy atom. The number of benzene rings is 1. The SMILES string of the molecule is CSc1ccc(-c2nc(NC3CCN(CC(C)C)CC3)nc(C(Cl)(Cl)Cl)n2)cc1. The van der Waals surface area contributed by atoms with Crippen LogP contribution in [0.3, 0.4) is 0 Å². The standard InChI is InChI=1S/C20H26Cl3N5S/c1-13(2)12-28-10-8-15(9-11-28)24-19-26-17(25-18(27-19)20(21,22)23)14-4-6-16(29-3)7-5-14/h4-7,13,15H,8-12H2,1-3H3,(H,24,25,26,27). The Hall–Kier alpha value is -0.790. The summed E-state index contributed by atoms with van der Waals surface area (Å²) in [5, 5.41) is 3.43. The fraction of sp³-hybridized carbons (Fsp3) is 0.550.